The number of imide groups is 1. The smallest absolute Gasteiger partial charge is 0.326 e. The van der Waals surface area contributed by atoms with Crippen LogP contribution in [0.15, 0.2) is 30.3 Å². The fourth-order valence-corrected chi connectivity index (χ4v) is 2.84. The summed E-state index contributed by atoms with van der Waals surface area (Å²) in [5, 5.41) is 2.56. The van der Waals surface area contributed by atoms with Crippen LogP contribution in [-0.2, 0) is 19.1 Å². The normalized spacial score (nSPS) is 19.2. The number of rotatable bonds is 7. The maximum absolute atomic E-state index is 12.5. The van der Waals surface area contributed by atoms with Gasteiger partial charge in [-0.25, -0.2) is 4.79 Å². The molecule has 0 saturated carbocycles. The molecule has 27 heavy (non-hydrogen) atoms. The number of amides is 4. The number of benzene rings is 1. The predicted octanol–water partition coefficient (Wildman–Crippen LogP) is 1.69. The third-order valence-electron chi connectivity index (χ3n) is 4.52. The number of urea groups is 1. The maximum atomic E-state index is 12.5. The Morgan fingerprint density at radius 1 is 1.22 bits per heavy atom. The lowest BCUT2D eigenvalue weighted by Crippen LogP contribution is -2.44. The van der Waals surface area contributed by atoms with Crippen LogP contribution < -0.4 is 10.2 Å². The average molecular weight is 375 g/mol. The predicted molar refractivity (Wildman–Crippen MR) is 99.0 cm³/mol. The van der Waals surface area contributed by atoms with Crippen LogP contribution in [0.2, 0.25) is 0 Å². The van der Waals surface area contributed by atoms with E-state index < -0.39 is 36.6 Å². The molecule has 4 amide bonds. The Labute approximate surface area is 158 Å². The van der Waals surface area contributed by atoms with Gasteiger partial charge in [0, 0.05) is 11.7 Å². The zero-order chi connectivity index (χ0) is 20.2. The van der Waals surface area contributed by atoms with Gasteiger partial charge in [-0.1, -0.05) is 25.1 Å². The molecule has 0 aromatic heterocycles. The van der Waals surface area contributed by atoms with E-state index in [0.717, 1.165) is 4.90 Å². The van der Waals surface area contributed by atoms with Crippen molar-refractivity contribution in [3.05, 3.63) is 30.3 Å². The highest BCUT2D eigenvalue weighted by Gasteiger charge is 2.47. The molecule has 1 aliphatic heterocycles. The summed E-state index contributed by atoms with van der Waals surface area (Å²) in [7, 11) is 0. The molecule has 0 aliphatic carbocycles. The molecule has 1 N–H and O–H groups in total. The molecule has 8 heteroatoms. The average Bonchev–Trinajstić information content (AvgIpc) is 2.84. The Bertz CT molecular complexity index is 734. The molecule has 0 spiro atoms. The summed E-state index contributed by atoms with van der Waals surface area (Å²) in [6, 6.07) is 8.28. The Kier molecular flexibility index (Phi) is 6.20. The van der Waals surface area contributed by atoms with E-state index in [1.54, 1.807) is 26.0 Å². The molecule has 1 heterocycles. The zero-order valence-corrected chi connectivity index (χ0v) is 16.0. The van der Waals surface area contributed by atoms with Crippen LogP contribution in [0, 0.1) is 0 Å². The third-order valence-corrected chi connectivity index (χ3v) is 4.52. The number of ether oxygens (including phenoxy) is 1. The molecule has 1 saturated heterocycles. The van der Waals surface area contributed by atoms with E-state index in [1.165, 1.54) is 4.90 Å². The van der Waals surface area contributed by atoms with Crippen molar-refractivity contribution in [3.8, 4) is 0 Å². The molecule has 0 radical (unpaired) electrons. The number of carbonyl (C=O) groups excluding carboxylic acids is 4. The second kappa shape index (κ2) is 8.20. The van der Waals surface area contributed by atoms with Gasteiger partial charge in [0.2, 0.25) is 0 Å². The SMILES string of the molecule is CC[C@]1(C)NC(=O)N(CC(=O)OCC(=O)N(c2ccccc2)C(C)C)C1=O. The van der Waals surface area contributed by atoms with Crippen LogP contribution in [0.4, 0.5) is 10.5 Å². The maximum Gasteiger partial charge on any atom is 0.326 e. The van der Waals surface area contributed by atoms with Crippen LogP contribution in [0.1, 0.15) is 34.1 Å². The number of nitrogens with one attached hydrogen (secondary N) is 1. The molecule has 1 aromatic carbocycles. The van der Waals surface area contributed by atoms with Crippen molar-refractivity contribution < 1.29 is 23.9 Å². The summed E-state index contributed by atoms with van der Waals surface area (Å²) >= 11 is 0. The van der Waals surface area contributed by atoms with Gasteiger partial charge in [-0.3, -0.25) is 19.3 Å². The number of carbonyl (C=O) groups is 4. The minimum absolute atomic E-state index is 0.130. The number of nitrogens with zero attached hydrogens (tertiary/aromatic N) is 2. The van der Waals surface area contributed by atoms with Crippen LogP contribution >= 0.6 is 0 Å². The lowest BCUT2D eigenvalue weighted by Gasteiger charge is -2.26. The summed E-state index contributed by atoms with van der Waals surface area (Å²) in [6.07, 6.45) is 0.405. The lowest BCUT2D eigenvalue weighted by atomic mass is 9.99. The van der Waals surface area contributed by atoms with Crippen molar-refractivity contribution in [2.75, 3.05) is 18.1 Å². The number of hydrogen-bond donors (Lipinski definition) is 1. The first kappa shape index (κ1) is 20.4. The highest BCUT2D eigenvalue weighted by atomic mass is 16.5. The first-order valence-corrected chi connectivity index (χ1v) is 8.86. The Morgan fingerprint density at radius 2 is 1.85 bits per heavy atom. The van der Waals surface area contributed by atoms with Crippen LogP contribution in [0.25, 0.3) is 0 Å². The summed E-state index contributed by atoms with van der Waals surface area (Å²) in [4.78, 5) is 51.1. The van der Waals surface area contributed by atoms with Gasteiger partial charge in [0.05, 0.1) is 0 Å². The highest BCUT2D eigenvalue weighted by Crippen LogP contribution is 2.21. The standard InChI is InChI=1S/C19H25N3O5/c1-5-19(4)17(25)21(18(26)20-19)11-16(24)27-12-15(23)22(13(2)3)14-9-7-6-8-10-14/h6-10,13H,5,11-12H2,1-4H3,(H,20,26)/t19-/m0/s1. The van der Waals surface area contributed by atoms with Crippen molar-refractivity contribution in [3.63, 3.8) is 0 Å². The van der Waals surface area contributed by atoms with Crippen LogP contribution in [0.3, 0.4) is 0 Å². The summed E-state index contributed by atoms with van der Waals surface area (Å²) in [6.45, 7) is 6.07. The Balaban J connectivity index is 1.96. The lowest BCUT2D eigenvalue weighted by molar-refractivity contribution is -0.150. The van der Waals surface area contributed by atoms with Gasteiger partial charge in [-0.05, 0) is 39.3 Å². The molecule has 1 atom stereocenters. The van der Waals surface area contributed by atoms with Gasteiger partial charge in [0.1, 0.15) is 12.1 Å². The minimum atomic E-state index is -1.02. The monoisotopic (exact) mass is 375 g/mol. The topological polar surface area (TPSA) is 96.0 Å². The van der Waals surface area contributed by atoms with E-state index in [0.29, 0.717) is 12.1 Å². The third kappa shape index (κ3) is 4.45. The zero-order valence-electron chi connectivity index (χ0n) is 16.0. The van der Waals surface area contributed by atoms with Gasteiger partial charge in [-0.2, -0.15) is 0 Å². The molecule has 146 valence electrons. The summed E-state index contributed by atoms with van der Waals surface area (Å²) in [5.41, 5.74) is -0.323. The van der Waals surface area contributed by atoms with Crippen molar-refractivity contribution in [1.29, 1.82) is 0 Å². The van der Waals surface area contributed by atoms with Gasteiger partial charge in [-0.15, -0.1) is 0 Å². The molecular formula is C19H25N3O5. The fourth-order valence-electron chi connectivity index (χ4n) is 2.84. The van der Waals surface area contributed by atoms with Crippen molar-refractivity contribution >= 4 is 29.5 Å². The summed E-state index contributed by atoms with van der Waals surface area (Å²) in [5.74, 6) is -1.68. The number of para-hydroxylation sites is 1. The Hall–Kier alpha value is -2.90. The molecule has 1 aromatic rings. The first-order chi connectivity index (χ1) is 12.7. The summed E-state index contributed by atoms with van der Waals surface area (Å²) < 4.78 is 5.01. The van der Waals surface area contributed by atoms with Crippen LogP contribution in [0.5, 0.6) is 0 Å². The molecule has 0 unspecified atom stereocenters. The van der Waals surface area contributed by atoms with Gasteiger partial charge in [0.15, 0.2) is 6.61 Å². The minimum Gasteiger partial charge on any atom is -0.454 e. The van der Waals surface area contributed by atoms with Crippen molar-refractivity contribution in [2.24, 2.45) is 0 Å². The highest BCUT2D eigenvalue weighted by molar-refractivity contribution is 6.08. The number of hydrogen-bond acceptors (Lipinski definition) is 5. The van der Waals surface area contributed by atoms with Gasteiger partial charge >= 0.3 is 12.0 Å². The number of esters is 1. The van der Waals surface area contributed by atoms with E-state index in [2.05, 4.69) is 5.32 Å². The quantitative estimate of drug-likeness (QED) is 0.578. The van der Waals surface area contributed by atoms with E-state index in [1.807, 2.05) is 32.0 Å². The van der Waals surface area contributed by atoms with Crippen molar-refractivity contribution in [1.82, 2.24) is 10.2 Å². The molecule has 1 aliphatic rings. The van der Waals surface area contributed by atoms with E-state index in [-0.39, 0.29) is 11.9 Å². The largest absolute Gasteiger partial charge is 0.454 e. The second-order valence-electron chi connectivity index (χ2n) is 6.86. The first-order valence-electron chi connectivity index (χ1n) is 8.86. The molecule has 2 rings (SSSR count). The van der Waals surface area contributed by atoms with Crippen LogP contribution in [-0.4, -0.2) is 53.4 Å². The fraction of sp³-hybridized carbons (Fsp3) is 0.474. The second-order valence-corrected chi connectivity index (χ2v) is 6.86. The molecule has 0 bridgehead atoms. The molecule has 1 fully saturated rings. The van der Waals surface area contributed by atoms with E-state index in [4.69, 9.17) is 4.74 Å². The van der Waals surface area contributed by atoms with E-state index >= 15 is 0 Å². The van der Waals surface area contributed by atoms with Gasteiger partial charge < -0.3 is 15.0 Å². The Morgan fingerprint density at radius 3 is 2.37 bits per heavy atom. The van der Waals surface area contributed by atoms with E-state index in [9.17, 15) is 19.2 Å². The van der Waals surface area contributed by atoms with Gasteiger partial charge in [0.25, 0.3) is 11.8 Å². The van der Waals surface area contributed by atoms with Crippen molar-refractivity contribution in [2.45, 2.75) is 45.7 Å². The number of anilines is 1. The molecular weight excluding hydrogens is 350 g/mol. The molecule has 8 nitrogen and oxygen atoms in total.